The van der Waals surface area contributed by atoms with Crippen molar-refractivity contribution in [3.8, 4) is 5.75 Å². The van der Waals surface area contributed by atoms with E-state index in [0.29, 0.717) is 23.0 Å². The molecule has 0 aliphatic carbocycles. The molecular weight excluding hydrogens is 400 g/mol. The standard InChI is InChI=1S/C18H20N4O6S/c1-10(23)7-11-3-6-16(13(19)8-11)29(26,27)28-12-4-5-14-15(9-12)21-17(20-14)22(2)18(24)25/h3-6,8-10,23H,7,19H2,1-2H3,(H,20,21)(H,24,25). The number of amides is 1. The lowest BCUT2D eigenvalue weighted by molar-refractivity contribution is 0.195. The number of hydrogen-bond acceptors (Lipinski definition) is 7. The second kappa shape index (κ2) is 7.60. The maximum absolute atomic E-state index is 12.6. The summed E-state index contributed by atoms with van der Waals surface area (Å²) in [7, 11) is -2.89. The molecule has 2 aromatic carbocycles. The van der Waals surface area contributed by atoms with Crippen molar-refractivity contribution < 1.29 is 27.6 Å². The van der Waals surface area contributed by atoms with Crippen molar-refractivity contribution in [2.24, 2.45) is 0 Å². The van der Waals surface area contributed by atoms with Crippen LogP contribution in [-0.4, -0.2) is 47.8 Å². The van der Waals surface area contributed by atoms with E-state index in [9.17, 15) is 18.3 Å². The predicted molar refractivity (Wildman–Crippen MR) is 107 cm³/mol. The number of nitrogens with one attached hydrogen (secondary N) is 1. The van der Waals surface area contributed by atoms with Gasteiger partial charge in [0.2, 0.25) is 5.95 Å². The fourth-order valence-electron chi connectivity index (χ4n) is 2.74. The third kappa shape index (κ3) is 4.41. The Morgan fingerprint density at radius 2 is 2.03 bits per heavy atom. The van der Waals surface area contributed by atoms with Gasteiger partial charge in [-0.05, 0) is 43.2 Å². The maximum atomic E-state index is 12.6. The minimum Gasteiger partial charge on any atom is -0.465 e. The minimum atomic E-state index is -4.21. The van der Waals surface area contributed by atoms with Gasteiger partial charge in [0.1, 0.15) is 10.6 Å². The highest BCUT2D eigenvalue weighted by atomic mass is 32.2. The Morgan fingerprint density at radius 1 is 1.31 bits per heavy atom. The van der Waals surface area contributed by atoms with Crippen LogP contribution in [-0.2, 0) is 16.5 Å². The molecule has 0 radical (unpaired) electrons. The maximum Gasteiger partial charge on any atom is 0.413 e. The van der Waals surface area contributed by atoms with Crippen LogP contribution in [0.5, 0.6) is 5.75 Å². The van der Waals surface area contributed by atoms with E-state index in [1.807, 2.05) is 0 Å². The van der Waals surface area contributed by atoms with Crippen LogP contribution >= 0.6 is 0 Å². The van der Waals surface area contributed by atoms with Gasteiger partial charge >= 0.3 is 16.2 Å². The molecule has 5 N–H and O–H groups in total. The molecule has 1 aromatic heterocycles. The largest absolute Gasteiger partial charge is 0.465 e. The molecule has 1 unspecified atom stereocenters. The number of fused-ring (bicyclic) bond motifs is 1. The van der Waals surface area contributed by atoms with Gasteiger partial charge in [-0.3, -0.25) is 4.90 Å². The number of H-pyrrole nitrogens is 1. The van der Waals surface area contributed by atoms with Crippen LogP contribution in [0.3, 0.4) is 0 Å². The third-order valence-corrected chi connectivity index (χ3v) is 5.45. The van der Waals surface area contributed by atoms with E-state index >= 15 is 0 Å². The summed E-state index contributed by atoms with van der Waals surface area (Å²) in [4.78, 5) is 18.7. The number of carbonyl (C=O) groups is 1. The Bertz CT molecular complexity index is 1170. The third-order valence-electron chi connectivity index (χ3n) is 4.13. The van der Waals surface area contributed by atoms with E-state index in [-0.39, 0.29) is 22.3 Å². The molecule has 0 saturated heterocycles. The molecule has 0 spiro atoms. The Balaban J connectivity index is 1.88. The zero-order chi connectivity index (χ0) is 21.3. The molecule has 154 valence electrons. The van der Waals surface area contributed by atoms with E-state index < -0.39 is 22.3 Å². The fraction of sp³-hybridized carbons (Fsp3) is 0.222. The SMILES string of the molecule is CC(O)Cc1ccc(S(=O)(=O)Oc2ccc3[nH]c(N(C)C(=O)O)nc3c2)c(N)c1. The smallest absolute Gasteiger partial charge is 0.413 e. The van der Waals surface area contributed by atoms with Gasteiger partial charge in [0.15, 0.2) is 0 Å². The summed E-state index contributed by atoms with van der Waals surface area (Å²) in [5, 5.41) is 18.5. The highest BCUT2D eigenvalue weighted by Crippen LogP contribution is 2.27. The number of nitrogens with two attached hydrogens (primary N) is 1. The lowest BCUT2D eigenvalue weighted by Crippen LogP contribution is -2.24. The van der Waals surface area contributed by atoms with Crippen LogP contribution in [0.25, 0.3) is 11.0 Å². The number of carboxylic acid groups (broad SMARTS) is 1. The summed E-state index contributed by atoms with van der Waals surface area (Å²) < 4.78 is 30.4. The van der Waals surface area contributed by atoms with Crippen LogP contribution in [0.4, 0.5) is 16.4 Å². The molecule has 10 nitrogen and oxygen atoms in total. The number of aromatic nitrogens is 2. The quantitative estimate of drug-likeness (QED) is 0.348. The van der Waals surface area contributed by atoms with Gasteiger partial charge in [-0.2, -0.15) is 8.42 Å². The summed E-state index contributed by atoms with van der Waals surface area (Å²) in [6.07, 6.45) is -1.44. The predicted octanol–water partition coefficient (Wildman–Crippen LogP) is 1.95. The first kappa shape index (κ1) is 20.4. The molecule has 1 atom stereocenters. The number of aromatic amines is 1. The topological polar surface area (TPSA) is 159 Å². The van der Waals surface area contributed by atoms with Crippen LogP contribution in [0, 0.1) is 0 Å². The highest BCUT2D eigenvalue weighted by Gasteiger charge is 2.21. The average Bonchev–Trinajstić information content (AvgIpc) is 3.03. The number of nitrogens with zero attached hydrogens (tertiary/aromatic N) is 2. The first-order valence-corrected chi connectivity index (χ1v) is 9.95. The van der Waals surface area contributed by atoms with Gasteiger partial charge in [0.05, 0.1) is 22.8 Å². The molecule has 0 aliphatic rings. The fourth-order valence-corrected chi connectivity index (χ4v) is 3.77. The number of imidazole rings is 1. The number of rotatable bonds is 6. The average molecular weight is 420 g/mol. The Kier molecular flexibility index (Phi) is 5.36. The molecule has 3 aromatic rings. The zero-order valence-corrected chi connectivity index (χ0v) is 16.5. The van der Waals surface area contributed by atoms with Gasteiger partial charge in [0, 0.05) is 13.1 Å². The van der Waals surface area contributed by atoms with E-state index in [4.69, 9.17) is 15.0 Å². The zero-order valence-electron chi connectivity index (χ0n) is 15.7. The van der Waals surface area contributed by atoms with Crippen LogP contribution in [0.2, 0.25) is 0 Å². The summed E-state index contributed by atoms with van der Waals surface area (Å²) in [6.45, 7) is 1.62. The Morgan fingerprint density at radius 3 is 2.66 bits per heavy atom. The van der Waals surface area contributed by atoms with Gasteiger partial charge in [-0.15, -0.1) is 0 Å². The molecule has 1 amide bonds. The van der Waals surface area contributed by atoms with E-state index in [1.54, 1.807) is 13.0 Å². The van der Waals surface area contributed by atoms with Gasteiger partial charge in [-0.1, -0.05) is 6.07 Å². The number of benzene rings is 2. The van der Waals surface area contributed by atoms with E-state index in [0.717, 1.165) is 4.90 Å². The molecule has 0 saturated carbocycles. The Labute approximate surface area is 166 Å². The molecular formula is C18H20N4O6S. The summed E-state index contributed by atoms with van der Waals surface area (Å²) in [5.41, 5.74) is 7.43. The summed E-state index contributed by atoms with van der Waals surface area (Å²) >= 11 is 0. The summed E-state index contributed by atoms with van der Waals surface area (Å²) in [5.74, 6) is 0.0893. The van der Waals surface area contributed by atoms with Gasteiger partial charge < -0.3 is 25.1 Å². The summed E-state index contributed by atoms with van der Waals surface area (Å²) in [6, 6.07) is 8.69. The van der Waals surface area contributed by atoms with Crippen molar-refractivity contribution in [1.29, 1.82) is 0 Å². The lowest BCUT2D eigenvalue weighted by atomic mass is 10.1. The van der Waals surface area contributed by atoms with Crippen molar-refractivity contribution in [2.75, 3.05) is 17.7 Å². The van der Waals surface area contributed by atoms with Crippen LogP contribution < -0.4 is 14.8 Å². The molecule has 0 bridgehead atoms. The Hall–Kier alpha value is -3.31. The highest BCUT2D eigenvalue weighted by molar-refractivity contribution is 7.87. The number of nitrogen functional groups attached to an aromatic ring is 1. The minimum absolute atomic E-state index is 0.000912. The lowest BCUT2D eigenvalue weighted by Gasteiger charge is -2.11. The van der Waals surface area contributed by atoms with E-state index in [2.05, 4.69) is 9.97 Å². The second-order valence-electron chi connectivity index (χ2n) is 6.54. The first-order valence-electron chi connectivity index (χ1n) is 8.54. The monoisotopic (exact) mass is 420 g/mol. The number of anilines is 2. The first-order chi connectivity index (χ1) is 13.6. The van der Waals surface area contributed by atoms with Gasteiger partial charge in [0.25, 0.3) is 0 Å². The molecule has 1 heterocycles. The van der Waals surface area contributed by atoms with Crippen LogP contribution in [0.15, 0.2) is 41.3 Å². The van der Waals surface area contributed by atoms with Crippen LogP contribution in [0.1, 0.15) is 12.5 Å². The number of aliphatic hydroxyl groups excluding tert-OH is 1. The number of hydrogen-bond donors (Lipinski definition) is 4. The van der Waals surface area contributed by atoms with E-state index in [1.165, 1.54) is 37.4 Å². The van der Waals surface area contributed by atoms with Gasteiger partial charge in [-0.25, -0.2) is 9.78 Å². The second-order valence-corrected chi connectivity index (χ2v) is 8.06. The normalized spacial score (nSPS) is 12.7. The van der Waals surface area contributed by atoms with Crippen molar-refractivity contribution in [3.63, 3.8) is 0 Å². The molecule has 0 fully saturated rings. The molecule has 29 heavy (non-hydrogen) atoms. The number of aliphatic hydroxyl groups is 1. The molecule has 11 heteroatoms. The molecule has 0 aliphatic heterocycles. The molecule has 3 rings (SSSR count). The van der Waals surface area contributed by atoms with Crippen molar-refractivity contribution in [3.05, 3.63) is 42.0 Å². The van der Waals surface area contributed by atoms with Crippen molar-refractivity contribution >= 4 is 38.9 Å². The van der Waals surface area contributed by atoms with Crippen molar-refractivity contribution in [1.82, 2.24) is 9.97 Å². The van der Waals surface area contributed by atoms with Crippen molar-refractivity contribution in [2.45, 2.75) is 24.3 Å².